The molecule has 3 heterocycles. The summed E-state index contributed by atoms with van der Waals surface area (Å²) in [5.74, 6) is -0.688. The molecule has 208 valence electrons. The molecule has 4 rings (SSSR count). The molecule has 38 heavy (non-hydrogen) atoms. The van der Waals surface area contributed by atoms with Crippen LogP contribution >= 0.6 is 11.3 Å². The Morgan fingerprint density at radius 3 is 2.76 bits per heavy atom. The van der Waals surface area contributed by atoms with Crippen molar-refractivity contribution in [3.05, 3.63) is 41.3 Å². The van der Waals surface area contributed by atoms with Crippen molar-refractivity contribution < 1.29 is 32.7 Å². The Balaban J connectivity index is 1.51. The number of nitrogens with one attached hydrogen (secondary N) is 3. The lowest BCUT2D eigenvalue weighted by Crippen LogP contribution is -2.45. The van der Waals surface area contributed by atoms with E-state index < -0.39 is 26.8 Å². The van der Waals surface area contributed by atoms with Crippen LogP contribution in [0.5, 0.6) is 0 Å². The minimum absolute atomic E-state index is 0.0337. The summed E-state index contributed by atoms with van der Waals surface area (Å²) in [5.41, 5.74) is 3.86. The lowest BCUT2D eigenvalue weighted by molar-refractivity contribution is -0.200. The number of carbonyl (C=O) groups is 2. The van der Waals surface area contributed by atoms with E-state index in [2.05, 4.69) is 16.1 Å². The van der Waals surface area contributed by atoms with Crippen LogP contribution in [-0.2, 0) is 33.7 Å². The fourth-order valence-electron chi connectivity index (χ4n) is 4.82. The third-order valence-corrected chi connectivity index (χ3v) is 10.8. The number of thiophene rings is 1. The second-order valence-corrected chi connectivity index (χ2v) is 13.1. The van der Waals surface area contributed by atoms with E-state index in [1.807, 2.05) is 24.3 Å². The van der Waals surface area contributed by atoms with Gasteiger partial charge in [0.2, 0.25) is 11.8 Å². The maximum atomic E-state index is 13.5. The second kappa shape index (κ2) is 13.1. The minimum atomic E-state index is -3.60. The van der Waals surface area contributed by atoms with Crippen LogP contribution in [0.3, 0.4) is 0 Å². The number of benzene rings is 1. The standard InChI is InChI=1S/C26H35N3O7S2/c30-13-12-27-18-24(32)28-20-7-5-6-19(16-20)21-9-10-22(37-21)26(11-2-4-15-38(26,33)34)17-23(31)29-36-25-8-1-3-14-35-25/h5-7,9-10,16,25,27,30H,1-4,8,11-15,17-18H2,(H,28,32)(H,29,31)/t25?,26-/m0/s1. The van der Waals surface area contributed by atoms with Gasteiger partial charge in [-0.2, -0.15) is 0 Å². The number of carbonyl (C=O) groups excluding carboxylic acids is 2. The van der Waals surface area contributed by atoms with Crippen molar-refractivity contribution in [3.8, 4) is 10.4 Å². The largest absolute Gasteiger partial charge is 0.395 e. The van der Waals surface area contributed by atoms with Gasteiger partial charge in [-0.05, 0) is 55.5 Å². The topological polar surface area (TPSA) is 143 Å². The van der Waals surface area contributed by atoms with Crippen molar-refractivity contribution in [2.75, 3.05) is 37.4 Å². The highest BCUT2D eigenvalue weighted by Crippen LogP contribution is 2.47. The molecule has 2 aromatic rings. The summed E-state index contributed by atoms with van der Waals surface area (Å²) in [7, 11) is -3.60. The number of sulfone groups is 1. The molecular weight excluding hydrogens is 530 g/mol. The highest BCUT2D eigenvalue weighted by molar-refractivity contribution is 7.92. The molecular formula is C26H35N3O7S2. The second-order valence-electron chi connectivity index (χ2n) is 9.58. The van der Waals surface area contributed by atoms with Gasteiger partial charge < -0.3 is 20.5 Å². The highest BCUT2D eigenvalue weighted by Gasteiger charge is 2.49. The predicted octanol–water partition coefficient (Wildman–Crippen LogP) is 2.69. The van der Waals surface area contributed by atoms with Crippen LogP contribution in [0.2, 0.25) is 0 Å². The van der Waals surface area contributed by atoms with Gasteiger partial charge in [0.05, 0.1) is 25.3 Å². The zero-order valence-electron chi connectivity index (χ0n) is 21.2. The molecule has 2 saturated heterocycles. The van der Waals surface area contributed by atoms with E-state index in [1.165, 1.54) is 11.3 Å². The Morgan fingerprint density at radius 1 is 1.13 bits per heavy atom. The highest BCUT2D eigenvalue weighted by atomic mass is 32.2. The van der Waals surface area contributed by atoms with E-state index in [-0.39, 0.29) is 31.2 Å². The van der Waals surface area contributed by atoms with Gasteiger partial charge in [0.25, 0.3) is 0 Å². The minimum Gasteiger partial charge on any atom is -0.395 e. The molecule has 2 aliphatic rings. The summed E-state index contributed by atoms with van der Waals surface area (Å²) in [6.45, 7) is 0.925. The third kappa shape index (κ3) is 6.99. The Kier molecular flexibility index (Phi) is 9.91. The fraction of sp³-hybridized carbons (Fsp3) is 0.538. The summed E-state index contributed by atoms with van der Waals surface area (Å²) in [6.07, 6.45) is 3.48. The van der Waals surface area contributed by atoms with Crippen LogP contribution in [0, 0.1) is 0 Å². The quantitative estimate of drug-likeness (QED) is 0.241. The normalized spacial score (nSPS) is 23.0. The Bertz CT molecular complexity index is 1210. The van der Waals surface area contributed by atoms with Gasteiger partial charge >= 0.3 is 0 Å². The maximum Gasteiger partial charge on any atom is 0.245 e. The first-order valence-electron chi connectivity index (χ1n) is 12.9. The van der Waals surface area contributed by atoms with Crippen LogP contribution in [0.1, 0.15) is 49.8 Å². The van der Waals surface area contributed by atoms with Crippen molar-refractivity contribution in [1.82, 2.24) is 10.8 Å². The summed E-state index contributed by atoms with van der Waals surface area (Å²) in [5, 5.41) is 14.5. The number of hydrogen-bond acceptors (Lipinski definition) is 9. The molecule has 1 unspecified atom stereocenters. The molecule has 0 aliphatic carbocycles. The molecule has 0 radical (unpaired) electrons. The van der Waals surface area contributed by atoms with Crippen molar-refractivity contribution in [2.45, 2.75) is 56.0 Å². The SMILES string of the molecule is O=C(C[C@]1(c2ccc(-c3cccc(NC(=O)CNCCO)c3)s2)CCCCS1(=O)=O)NOC1CCCCO1. The van der Waals surface area contributed by atoms with Gasteiger partial charge in [-0.3, -0.25) is 9.59 Å². The fourth-order valence-corrected chi connectivity index (χ4v) is 8.60. The average molecular weight is 566 g/mol. The summed E-state index contributed by atoms with van der Waals surface area (Å²) in [4.78, 5) is 31.9. The van der Waals surface area contributed by atoms with Crippen LogP contribution < -0.4 is 16.1 Å². The molecule has 0 saturated carbocycles. The van der Waals surface area contributed by atoms with Crippen molar-refractivity contribution in [1.29, 1.82) is 0 Å². The van der Waals surface area contributed by atoms with Gasteiger partial charge in [-0.1, -0.05) is 18.6 Å². The van der Waals surface area contributed by atoms with E-state index in [1.54, 1.807) is 12.1 Å². The zero-order valence-corrected chi connectivity index (χ0v) is 22.9. The smallest absolute Gasteiger partial charge is 0.245 e. The van der Waals surface area contributed by atoms with Gasteiger partial charge in [0.1, 0.15) is 4.75 Å². The number of aliphatic hydroxyl groups is 1. The number of anilines is 1. The molecule has 1 aromatic carbocycles. The van der Waals surface area contributed by atoms with Crippen LogP contribution in [-0.4, -0.2) is 63.7 Å². The number of rotatable bonds is 11. The third-order valence-electron chi connectivity index (χ3n) is 6.79. The molecule has 0 bridgehead atoms. The number of hydrogen-bond donors (Lipinski definition) is 4. The van der Waals surface area contributed by atoms with E-state index in [9.17, 15) is 18.0 Å². The van der Waals surface area contributed by atoms with E-state index in [0.717, 1.165) is 23.3 Å². The van der Waals surface area contributed by atoms with Crippen LogP contribution in [0.25, 0.3) is 10.4 Å². The van der Waals surface area contributed by atoms with Crippen LogP contribution in [0.15, 0.2) is 36.4 Å². The number of hydroxylamine groups is 1. The molecule has 2 atom stereocenters. The Morgan fingerprint density at radius 2 is 2.00 bits per heavy atom. The Labute approximate surface area is 227 Å². The van der Waals surface area contributed by atoms with Crippen molar-refractivity contribution in [2.24, 2.45) is 0 Å². The molecule has 2 aliphatic heterocycles. The van der Waals surface area contributed by atoms with E-state index in [0.29, 0.717) is 49.4 Å². The Hall–Kier alpha value is -2.35. The molecule has 1 aromatic heterocycles. The molecule has 12 heteroatoms. The van der Waals surface area contributed by atoms with Crippen molar-refractivity contribution >= 4 is 38.7 Å². The van der Waals surface area contributed by atoms with E-state index >= 15 is 0 Å². The molecule has 10 nitrogen and oxygen atoms in total. The lowest BCUT2D eigenvalue weighted by atomic mass is 9.94. The molecule has 2 amide bonds. The maximum absolute atomic E-state index is 13.5. The molecule has 4 N–H and O–H groups in total. The number of amides is 2. The van der Waals surface area contributed by atoms with Crippen LogP contribution in [0.4, 0.5) is 5.69 Å². The number of ether oxygens (including phenoxy) is 1. The zero-order chi connectivity index (χ0) is 27.0. The van der Waals surface area contributed by atoms with E-state index in [4.69, 9.17) is 14.7 Å². The van der Waals surface area contributed by atoms with Gasteiger partial charge in [-0.25, -0.2) is 18.7 Å². The summed E-state index contributed by atoms with van der Waals surface area (Å²) in [6, 6.07) is 11.0. The first-order valence-corrected chi connectivity index (χ1v) is 15.4. The first-order chi connectivity index (χ1) is 18.3. The van der Waals surface area contributed by atoms with Gasteiger partial charge in [0, 0.05) is 35.0 Å². The average Bonchev–Trinajstić information content (AvgIpc) is 3.41. The number of aliphatic hydroxyl groups excluding tert-OH is 1. The lowest BCUT2D eigenvalue weighted by Gasteiger charge is -2.35. The molecule has 0 spiro atoms. The summed E-state index contributed by atoms with van der Waals surface area (Å²) >= 11 is 1.35. The predicted molar refractivity (Wildman–Crippen MR) is 145 cm³/mol. The monoisotopic (exact) mass is 565 g/mol. The molecule has 2 fully saturated rings. The van der Waals surface area contributed by atoms with Crippen molar-refractivity contribution in [3.63, 3.8) is 0 Å². The summed E-state index contributed by atoms with van der Waals surface area (Å²) < 4.78 is 31.1. The van der Waals surface area contributed by atoms with Gasteiger partial charge in [-0.15, -0.1) is 11.3 Å². The van der Waals surface area contributed by atoms with Gasteiger partial charge in [0.15, 0.2) is 16.1 Å². The first kappa shape index (κ1) is 28.7.